The number of hydrogen-bond acceptors (Lipinski definition) is 0. The Morgan fingerprint density at radius 2 is 1.67 bits per heavy atom. The Kier molecular flexibility index (Phi) is 2.22. The van der Waals surface area contributed by atoms with E-state index in [0.717, 1.165) is 0 Å². The van der Waals surface area contributed by atoms with Gasteiger partial charge in [-0.1, -0.05) is 0 Å². The first-order valence-electron chi connectivity index (χ1n) is 3.87. The van der Waals surface area contributed by atoms with E-state index in [2.05, 4.69) is 46.7 Å². The van der Waals surface area contributed by atoms with Crippen molar-refractivity contribution < 1.29 is 20.6 Å². The number of benzene rings is 2. The van der Waals surface area contributed by atoms with Crippen molar-refractivity contribution in [1.29, 1.82) is 0 Å². The number of hydrogen-bond donors (Lipinski definition) is 0. The molecule has 0 nitrogen and oxygen atoms in total. The van der Waals surface area contributed by atoms with Crippen molar-refractivity contribution in [2.45, 2.75) is 0 Å². The Morgan fingerprint density at radius 3 is 2.50 bits per heavy atom. The molecular formula is C11H8Ta. The van der Waals surface area contributed by atoms with Gasteiger partial charge in [-0.2, -0.15) is 0 Å². The minimum absolute atomic E-state index is 1.31. The van der Waals surface area contributed by atoms with Crippen molar-refractivity contribution in [2.24, 2.45) is 0 Å². The molecule has 0 saturated carbocycles. The molecule has 0 heterocycles. The van der Waals surface area contributed by atoms with Gasteiger partial charge in [-0.25, -0.2) is 0 Å². The van der Waals surface area contributed by atoms with E-state index in [9.17, 15) is 0 Å². The van der Waals surface area contributed by atoms with Crippen LogP contribution in [0.1, 0.15) is 5.56 Å². The minimum atomic E-state index is 1.31. The number of rotatable bonds is 1. The average molecular weight is 321 g/mol. The molecule has 0 fully saturated rings. The van der Waals surface area contributed by atoms with Crippen LogP contribution >= 0.6 is 0 Å². The molecule has 0 unspecified atom stereocenters. The normalized spacial score (nSPS) is 9.92. The van der Waals surface area contributed by atoms with E-state index in [1.165, 1.54) is 36.9 Å². The summed E-state index contributed by atoms with van der Waals surface area (Å²) in [6.45, 7) is 0. The summed E-state index contributed by atoms with van der Waals surface area (Å²) in [5.41, 5.74) is 1.36. The molecule has 2 aromatic carbocycles. The summed E-state index contributed by atoms with van der Waals surface area (Å²) >= 11 is 1.31. The van der Waals surface area contributed by atoms with Crippen LogP contribution in [-0.4, -0.2) is 4.23 Å². The Balaban J connectivity index is 2.88. The molecule has 57 valence electrons. The van der Waals surface area contributed by atoms with Gasteiger partial charge in [-0.15, -0.1) is 0 Å². The molecule has 0 radical (unpaired) electrons. The van der Waals surface area contributed by atoms with Crippen LogP contribution in [0.15, 0.2) is 42.5 Å². The monoisotopic (exact) mass is 321 g/mol. The van der Waals surface area contributed by atoms with Gasteiger partial charge in [0.1, 0.15) is 0 Å². The standard InChI is InChI=1S/C11H8.Ta/c1-9-5-4-7-10-6-2-3-8-11(9)10;/h1-8H;. The fourth-order valence-corrected chi connectivity index (χ4v) is 2.17. The zero-order valence-electron chi connectivity index (χ0n) is 6.57. The second-order valence-corrected chi connectivity index (χ2v) is 3.63. The molecule has 0 aliphatic heterocycles. The summed E-state index contributed by atoms with van der Waals surface area (Å²) < 4.78 is 2.25. The summed E-state index contributed by atoms with van der Waals surface area (Å²) in [6.07, 6.45) is 0. The predicted octanol–water partition coefficient (Wildman–Crippen LogP) is 2.54. The van der Waals surface area contributed by atoms with Gasteiger partial charge < -0.3 is 0 Å². The SMILES string of the molecule is [Ta]=[CH]c1cccc2ccccc12. The van der Waals surface area contributed by atoms with Crippen LogP contribution in [0, 0.1) is 0 Å². The van der Waals surface area contributed by atoms with E-state index in [-0.39, 0.29) is 0 Å². The zero-order valence-corrected chi connectivity index (χ0v) is 9.78. The van der Waals surface area contributed by atoms with E-state index < -0.39 is 0 Å². The van der Waals surface area contributed by atoms with Gasteiger partial charge in [-0.3, -0.25) is 0 Å². The summed E-state index contributed by atoms with van der Waals surface area (Å²) in [5, 5.41) is 2.69. The second kappa shape index (κ2) is 3.36. The van der Waals surface area contributed by atoms with Gasteiger partial charge in [-0.05, 0) is 0 Å². The molecule has 2 rings (SSSR count). The van der Waals surface area contributed by atoms with Crippen molar-refractivity contribution in [3.05, 3.63) is 48.0 Å². The van der Waals surface area contributed by atoms with Crippen molar-refractivity contribution in [3.8, 4) is 0 Å². The first-order valence-corrected chi connectivity index (χ1v) is 5.72. The molecule has 0 aromatic heterocycles. The van der Waals surface area contributed by atoms with E-state index >= 15 is 0 Å². The molecule has 0 atom stereocenters. The van der Waals surface area contributed by atoms with E-state index in [4.69, 9.17) is 0 Å². The van der Waals surface area contributed by atoms with Crippen LogP contribution in [0.3, 0.4) is 0 Å². The van der Waals surface area contributed by atoms with Gasteiger partial charge in [0.05, 0.1) is 0 Å². The zero-order chi connectivity index (χ0) is 8.39. The first kappa shape index (κ1) is 7.93. The van der Waals surface area contributed by atoms with Crippen LogP contribution in [0.2, 0.25) is 0 Å². The number of fused-ring (bicyclic) bond motifs is 1. The molecule has 0 aliphatic carbocycles. The first-order chi connectivity index (χ1) is 5.92. The molecule has 0 N–H and O–H groups in total. The third-order valence-electron chi connectivity index (χ3n) is 1.96. The van der Waals surface area contributed by atoms with E-state index in [1.54, 1.807) is 0 Å². The Labute approximate surface area is 83.6 Å². The fourth-order valence-electron chi connectivity index (χ4n) is 1.36. The summed E-state index contributed by atoms with van der Waals surface area (Å²) in [5.74, 6) is 0. The summed E-state index contributed by atoms with van der Waals surface area (Å²) in [6, 6.07) is 14.9. The quantitative estimate of drug-likeness (QED) is 0.757. The van der Waals surface area contributed by atoms with Gasteiger partial charge >= 0.3 is 83.6 Å². The van der Waals surface area contributed by atoms with E-state index in [0.29, 0.717) is 0 Å². The van der Waals surface area contributed by atoms with Crippen LogP contribution in [0.4, 0.5) is 0 Å². The van der Waals surface area contributed by atoms with Crippen molar-refractivity contribution in [2.75, 3.05) is 0 Å². The molecule has 0 bridgehead atoms. The third kappa shape index (κ3) is 1.29. The van der Waals surface area contributed by atoms with Gasteiger partial charge in [0.25, 0.3) is 0 Å². The van der Waals surface area contributed by atoms with Crippen molar-refractivity contribution in [3.63, 3.8) is 0 Å². The molecule has 12 heavy (non-hydrogen) atoms. The Bertz CT molecular complexity index is 413. The van der Waals surface area contributed by atoms with Gasteiger partial charge in [0, 0.05) is 0 Å². The van der Waals surface area contributed by atoms with Crippen molar-refractivity contribution >= 4 is 15.0 Å². The van der Waals surface area contributed by atoms with Gasteiger partial charge in [0.2, 0.25) is 0 Å². The van der Waals surface area contributed by atoms with E-state index in [1.807, 2.05) is 0 Å². The van der Waals surface area contributed by atoms with Crippen LogP contribution in [0.5, 0.6) is 0 Å². The van der Waals surface area contributed by atoms with Crippen LogP contribution < -0.4 is 0 Å². The maximum absolute atomic E-state index is 2.25. The summed E-state index contributed by atoms with van der Waals surface area (Å²) in [7, 11) is 0. The predicted molar refractivity (Wildman–Crippen MR) is 49.1 cm³/mol. The second-order valence-electron chi connectivity index (χ2n) is 2.70. The topological polar surface area (TPSA) is 0 Å². The Hall–Kier alpha value is -0.690. The third-order valence-corrected chi connectivity index (χ3v) is 2.96. The molecule has 0 aliphatic rings. The van der Waals surface area contributed by atoms with Crippen LogP contribution in [0.25, 0.3) is 10.8 Å². The molecule has 1 heteroatoms. The molecule has 2 aromatic rings. The maximum atomic E-state index is 2.25. The Morgan fingerprint density at radius 1 is 0.917 bits per heavy atom. The fraction of sp³-hybridized carbons (Fsp3) is 0. The summed E-state index contributed by atoms with van der Waals surface area (Å²) in [4.78, 5) is 0. The van der Waals surface area contributed by atoms with Gasteiger partial charge in [0.15, 0.2) is 0 Å². The molecule has 0 spiro atoms. The molecule has 0 amide bonds. The average Bonchev–Trinajstić information content (AvgIpc) is 2.17. The molecule has 0 saturated heterocycles. The van der Waals surface area contributed by atoms with Crippen molar-refractivity contribution in [1.82, 2.24) is 0 Å². The van der Waals surface area contributed by atoms with Crippen LogP contribution in [-0.2, 0) is 20.6 Å². The molecular weight excluding hydrogens is 313 g/mol.